The minimum atomic E-state index is -0.549. The molecule has 5 fully saturated rings. The summed E-state index contributed by atoms with van der Waals surface area (Å²) in [5.74, 6) is 3.49. The zero-order valence-electron chi connectivity index (χ0n) is 22.6. The van der Waals surface area contributed by atoms with Crippen LogP contribution in [0.25, 0.3) is 0 Å². The summed E-state index contributed by atoms with van der Waals surface area (Å²) in [6.45, 7) is 2.89. The van der Waals surface area contributed by atoms with Gasteiger partial charge >= 0.3 is 0 Å². The minimum absolute atomic E-state index is 0.0891. The molecule has 1 aromatic carbocycles. The van der Waals surface area contributed by atoms with E-state index in [4.69, 9.17) is 0 Å². The molecule has 2 N–H and O–H groups in total. The molecule has 2 aliphatic heterocycles. The van der Waals surface area contributed by atoms with E-state index in [9.17, 15) is 14.4 Å². The number of piperidine rings is 1. The molecule has 1 unspecified atom stereocenters. The van der Waals surface area contributed by atoms with Gasteiger partial charge in [0.1, 0.15) is 6.04 Å². The molecule has 2 heterocycles. The molecular weight excluding hydrogens is 494 g/mol. The molecule has 4 bridgehead atoms. The van der Waals surface area contributed by atoms with Crippen molar-refractivity contribution in [2.75, 3.05) is 18.8 Å². The molecule has 6 nitrogen and oxygen atoms in total. The summed E-state index contributed by atoms with van der Waals surface area (Å²) in [7, 11) is 0. The van der Waals surface area contributed by atoms with Crippen LogP contribution in [0.3, 0.4) is 0 Å². The van der Waals surface area contributed by atoms with Gasteiger partial charge in [-0.2, -0.15) is 0 Å². The molecule has 4 aliphatic carbocycles. The predicted octanol–water partition coefficient (Wildman–Crippen LogP) is 5.30. The maximum Gasteiger partial charge on any atom is 0.255 e. The van der Waals surface area contributed by atoms with Crippen molar-refractivity contribution in [1.82, 2.24) is 15.5 Å². The van der Waals surface area contributed by atoms with Gasteiger partial charge in [0.05, 0.1) is 0 Å². The number of fused-ring (bicyclic) bond motifs is 1. The highest BCUT2D eigenvalue weighted by atomic mass is 32.2. The van der Waals surface area contributed by atoms with Crippen LogP contribution in [0.15, 0.2) is 23.1 Å². The SMILES string of the molecule is O=C1CCC(N2Cc3c(SCCCCCCCNCC45CC6CC(CC(C6)C4)C5)cccc3C2=O)C(=O)N1. The number of carbonyl (C=O) groups excluding carboxylic acids is 3. The Labute approximate surface area is 231 Å². The third kappa shape index (κ3) is 5.56. The largest absolute Gasteiger partial charge is 0.322 e. The van der Waals surface area contributed by atoms with Gasteiger partial charge in [0.25, 0.3) is 5.91 Å². The number of rotatable bonds is 12. The molecule has 0 aromatic heterocycles. The normalized spacial score (nSPS) is 31.7. The van der Waals surface area contributed by atoms with Gasteiger partial charge in [0.2, 0.25) is 11.8 Å². The Bertz CT molecular complexity index is 1040. The van der Waals surface area contributed by atoms with E-state index >= 15 is 0 Å². The highest BCUT2D eigenvalue weighted by Crippen LogP contribution is 2.59. The average Bonchev–Trinajstić information content (AvgIpc) is 3.21. The molecule has 38 heavy (non-hydrogen) atoms. The number of benzene rings is 1. The van der Waals surface area contributed by atoms with Gasteiger partial charge < -0.3 is 10.2 Å². The van der Waals surface area contributed by atoms with Crippen LogP contribution < -0.4 is 10.6 Å². The fourth-order valence-corrected chi connectivity index (χ4v) is 9.71. The summed E-state index contributed by atoms with van der Waals surface area (Å²) >= 11 is 1.83. The Balaban J connectivity index is 0.869. The van der Waals surface area contributed by atoms with Gasteiger partial charge in [-0.25, -0.2) is 0 Å². The number of hydrogen-bond donors (Lipinski definition) is 2. The second-order valence-corrected chi connectivity index (χ2v) is 14.0. The summed E-state index contributed by atoms with van der Waals surface area (Å²) in [6, 6.07) is 5.36. The van der Waals surface area contributed by atoms with E-state index < -0.39 is 6.04 Å². The van der Waals surface area contributed by atoms with E-state index in [2.05, 4.69) is 16.7 Å². The van der Waals surface area contributed by atoms with Gasteiger partial charge in [-0.05, 0) is 111 Å². The molecule has 4 saturated carbocycles. The number of thioether (sulfide) groups is 1. The molecule has 206 valence electrons. The summed E-state index contributed by atoms with van der Waals surface area (Å²) in [5, 5.41) is 6.23. The quantitative estimate of drug-likeness (QED) is 0.215. The van der Waals surface area contributed by atoms with Crippen LogP contribution >= 0.6 is 11.8 Å². The third-order valence-electron chi connectivity index (χ3n) is 9.96. The molecule has 1 saturated heterocycles. The molecule has 3 amide bonds. The summed E-state index contributed by atoms with van der Waals surface area (Å²) in [6.07, 6.45) is 16.1. The Hall–Kier alpha value is -1.86. The Kier molecular flexibility index (Phi) is 7.86. The van der Waals surface area contributed by atoms with Crippen LogP contribution in [0, 0.1) is 23.2 Å². The van der Waals surface area contributed by atoms with Crippen molar-refractivity contribution >= 4 is 29.5 Å². The van der Waals surface area contributed by atoms with Crippen LogP contribution in [0.1, 0.15) is 99.4 Å². The van der Waals surface area contributed by atoms with Crippen molar-refractivity contribution in [3.05, 3.63) is 29.3 Å². The Morgan fingerprint density at radius 3 is 2.39 bits per heavy atom. The van der Waals surface area contributed by atoms with E-state index in [0.717, 1.165) is 34.0 Å². The van der Waals surface area contributed by atoms with Crippen LogP contribution in [0.2, 0.25) is 0 Å². The number of nitrogens with one attached hydrogen (secondary N) is 2. The van der Waals surface area contributed by atoms with Crippen LogP contribution in [-0.2, 0) is 16.1 Å². The molecule has 7 rings (SSSR count). The first-order chi connectivity index (χ1) is 18.5. The molecule has 1 aromatic rings. The molecular formula is C31H43N3O3S. The zero-order chi connectivity index (χ0) is 26.1. The molecule has 7 heteroatoms. The molecule has 0 spiro atoms. The molecule has 0 radical (unpaired) electrons. The van der Waals surface area contributed by atoms with Crippen LogP contribution in [0.4, 0.5) is 0 Å². The number of unbranched alkanes of at least 4 members (excludes halogenated alkanes) is 4. The first kappa shape index (κ1) is 26.4. The maximum absolute atomic E-state index is 13.0. The molecule has 1 atom stereocenters. The Morgan fingerprint density at radius 1 is 0.947 bits per heavy atom. The smallest absolute Gasteiger partial charge is 0.255 e. The van der Waals surface area contributed by atoms with Crippen molar-refractivity contribution < 1.29 is 14.4 Å². The van der Waals surface area contributed by atoms with Crippen LogP contribution in [-0.4, -0.2) is 47.5 Å². The van der Waals surface area contributed by atoms with Gasteiger partial charge in [-0.3, -0.25) is 19.7 Å². The predicted molar refractivity (Wildman–Crippen MR) is 150 cm³/mol. The number of carbonyl (C=O) groups is 3. The number of imide groups is 1. The van der Waals surface area contributed by atoms with Gasteiger partial charge in [0, 0.05) is 30.0 Å². The summed E-state index contributed by atoms with van der Waals surface area (Å²) < 4.78 is 0. The van der Waals surface area contributed by atoms with Crippen molar-refractivity contribution in [2.24, 2.45) is 23.2 Å². The highest BCUT2D eigenvalue weighted by molar-refractivity contribution is 7.99. The molecule has 6 aliphatic rings. The standard InChI is InChI=1S/C31H43N3O3S/c35-28-10-9-26(29(36)33-28)34-19-25-24(30(34)37)7-6-8-27(25)38-12-5-3-1-2-4-11-32-20-31-16-21-13-22(17-31)15-23(14-21)18-31/h6-8,21-23,26,32H,1-5,9-20H2,(H,33,35,36). The lowest BCUT2D eigenvalue weighted by molar-refractivity contribution is -0.136. The number of hydrogen-bond acceptors (Lipinski definition) is 5. The minimum Gasteiger partial charge on any atom is -0.322 e. The zero-order valence-corrected chi connectivity index (χ0v) is 23.5. The summed E-state index contributed by atoms with van der Waals surface area (Å²) in [4.78, 5) is 39.6. The fourth-order valence-electron chi connectivity index (χ4n) is 8.62. The lowest BCUT2D eigenvalue weighted by Crippen LogP contribution is -2.52. The second-order valence-electron chi connectivity index (χ2n) is 12.9. The van der Waals surface area contributed by atoms with E-state index in [0.29, 0.717) is 23.9 Å². The second kappa shape index (κ2) is 11.3. The first-order valence-corrected chi connectivity index (χ1v) is 16.1. The maximum atomic E-state index is 13.0. The lowest BCUT2D eigenvalue weighted by atomic mass is 9.49. The van der Waals surface area contributed by atoms with E-state index in [-0.39, 0.29) is 24.1 Å². The van der Waals surface area contributed by atoms with Gasteiger partial charge in [-0.15, -0.1) is 11.8 Å². The average molecular weight is 538 g/mol. The van der Waals surface area contributed by atoms with Gasteiger partial charge in [0.15, 0.2) is 0 Å². The van der Waals surface area contributed by atoms with Crippen molar-refractivity contribution in [3.8, 4) is 0 Å². The van der Waals surface area contributed by atoms with Crippen molar-refractivity contribution in [1.29, 1.82) is 0 Å². The van der Waals surface area contributed by atoms with Gasteiger partial charge in [-0.1, -0.05) is 25.3 Å². The number of nitrogens with zero attached hydrogens (tertiary/aromatic N) is 1. The lowest BCUT2D eigenvalue weighted by Gasteiger charge is -2.57. The topological polar surface area (TPSA) is 78.5 Å². The van der Waals surface area contributed by atoms with Crippen LogP contribution in [0.5, 0.6) is 0 Å². The fraction of sp³-hybridized carbons (Fsp3) is 0.710. The van der Waals surface area contributed by atoms with E-state index in [1.54, 1.807) is 4.90 Å². The Morgan fingerprint density at radius 2 is 1.66 bits per heavy atom. The summed E-state index contributed by atoms with van der Waals surface area (Å²) in [5.41, 5.74) is 2.39. The first-order valence-electron chi connectivity index (χ1n) is 15.1. The van der Waals surface area contributed by atoms with Crippen molar-refractivity contribution in [2.45, 2.75) is 101 Å². The third-order valence-corrected chi connectivity index (χ3v) is 11.1. The van der Waals surface area contributed by atoms with E-state index in [1.165, 1.54) is 83.7 Å². The highest BCUT2D eigenvalue weighted by Gasteiger charge is 2.50. The monoisotopic (exact) mass is 537 g/mol. The van der Waals surface area contributed by atoms with Crippen molar-refractivity contribution in [3.63, 3.8) is 0 Å². The number of amides is 3. The van der Waals surface area contributed by atoms with E-state index in [1.807, 2.05) is 23.9 Å².